The van der Waals surface area contributed by atoms with E-state index in [-0.39, 0.29) is 0 Å². The molecule has 0 amide bonds. The summed E-state index contributed by atoms with van der Waals surface area (Å²) in [6, 6.07) is 5.92. The van der Waals surface area contributed by atoms with E-state index < -0.39 is 0 Å². The van der Waals surface area contributed by atoms with Crippen LogP contribution in [0.5, 0.6) is 0 Å². The van der Waals surface area contributed by atoms with Gasteiger partial charge < -0.3 is 10.3 Å². The van der Waals surface area contributed by atoms with Crippen molar-refractivity contribution in [2.24, 2.45) is 5.73 Å². The summed E-state index contributed by atoms with van der Waals surface area (Å²) in [7, 11) is 0. The van der Waals surface area contributed by atoms with Crippen LogP contribution in [0.2, 0.25) is 0 Å². The minimum Gasteiger partial charge on any atom is -0.360 e. The molecule has 2 N–H and O–H groups in total. The van der Waals surface area contributed by atoms with Gasteiger partial charge in [-0.05, 0) is 31.2 Å². The largest absolute Gasteiger partial charge is 0.360 e. The summed E-state index contributed by atoms with van der Waals surface area (Å²) in [6.45, 7) is 0.677. The number of hydrogen-bond donors (Lipinski definition) is 1. The lowest BCUT2D eigenvalue weighted by Crippen LogP contribution is -1.99. The molecule has 0 saturated carbocycles. The fourth-order valence-electron chi connectivity index (χ4n) is 1.41. The molecule has 2 rings (SSSR count). The van der Waals surface area contributed by atoms with Gasteiger partial charge in [-0.3, -0.25) is 0 Å². The van der Waals surface area contributed by atoms with Crippen LogP contribution in [0.25, 0.3) is 10.9 Å². The van der Waals surface area contributed by atoms with Gasteiger partial charge in [0.2, 0.25) is 0 Å². The third kappa shape index (κ3) is 1.81. The van der Waals surface area contributed by atoms with E-state index in [1.807, 2.05) is 18.2 Å². The van der Waals surface area contributed by atoms with E-state index in [0.29, 0.717) is 6.54 Å². The van der Waals surface area contributed by atoms with E-state index in [1.165, 1.54) is 0 Å². The maximum absolute atomic E-state index is 5.45. The van der Waals surface area contributed by atoms with Gasteiger partial charge in [0.1, 0.15) is 11.3 Å². The van der Waals surface area contributed by atoms with Gasteiger partial charge in [-0.15, -0.1) is 0 Å². The molecule has 3 nitrogen and oxygen atoms in total. The summed E-state index contributed by atoms with van der Waals surface area (Å²) >= 11 is 3.43. The number of aryl methyl sites for hydroxylation is 1. The zero-order valence-corrected chi connectivity index (χ0v) is 9.25. The van der Waals surface area contributed by atoms with Crippen molar-refractivity contribution in [1.82, 2.24) is 5.16 Å². The summed E-state index contributed by atoms with van der Waals surface area (Å²) in [5.74, 6) is 0.923. The van der Waals surface area contributed by atoms with Crippen molar-refractivity contribution in [3.05, 3.63) is 28.4 Å². The second kappa shape index (κ2) is 4.11. The lowest BCUT2D eigenvalue weighted by Gasteiger charge is -1.94. The van der Waals surface area contributed by atoms with E-state index in [1.54, 1.807) is 0 Å². The van der Waals surface area contributed by atoms with Gasteiger partial charge >= 0.3 is 0 Å². The highest BCUT2D eigenvalue weighted by Crippen LogP contribution is 2.23. The summed E-state index contributed by atoms with van der Waals surface area (Å²) < 4.78 is 6.29. The Balaban J connectivity index is 2.40. The first-order valence-corrected chi connectivity index (χ1v) is 5.34. The quantitative estimate of drug-likeness (QED) is 0.916. The molecule has 0 bridgehead atoms. The number of nitrogens with zero attached hydrogens (tertiary/aromatic N) is 1. The molecular weight excluding hydrogens is 244 g/mol. The van der Waals surface area contributed by atoms with Crippen LogP contribution in [-0.4, -0.2) is 11.7 Å². The number of halogens is 1. The lowest BCUT2D eigenvalue weighted by atomic mass is 10.1. The molecule has 0 aliphatic heterocycles. The van der Waals surface area contributed by atoms with E-state index in [2.05, 4.69) is 21.1 Å². The fraction of sp³-hybridized carbons (Fsp3) is 0.300. The highest BCUT2D eigenvalue weighted by Gasteiger charge is 2.07. The van der Waals surface area contributed by atoms with Crippen molar-refractivity contribution < 1.29 is 4.52 Å². The number of hydrogen-bond acceptors (Lipinski definition) is 3. The number of nitrogens with two attached hydrogens (primary N) is 1. The van der Waals surface area contributed by atoms with Crippen LogP contribution in [0.1, 0.15) is 12.2 Å². The Morgan fingerprint density at radius 3 is 3.07 bits per heavy atom. The van der Waals surface area contributed by atoms with Gasteiger partial charge in [-0.2, -0.15) is 0 Å². The maximum Gasteiger partial charge on any atom is 0.144 e. The van der Waals surface area contributed by atoms with Crippen LogP contribution < -0.4 is 5.73 Å². The lowest BCUT2D eigenvalue weighted by molar-refractivity contribution is 0.389. The molecule has 0 aliphatic rings. The molecule has 1 aromatic carbocycles. The summed E-state index contributed by atoms with van der Waals surface area (Å²) in [6.07, 6.45) is 1.78. The molecule has 0 aliphatic carbocycles. The smallest absolute Gasteiger partial charge is 0.144 e. The minimum absolute atomic E-state index is 0.677. The van der Waals surface area contributed by atoms with Crippen molar-refractivity contribution in [2.45, 2.75) is 12.8 Å². The molecular formula is C10H11BrN2O. The van der Waals surface area contributed by atoms with Gasteiger partial charge in [0, 0.05) is 16.3 Å². The van der Waals surface area contributed by atoms with E-state index >= 15 is 0 Å². The summed E-state index contributed by atoms with van der Waals surface area (Å²) in [5.41, 5.74) is 6.35. The van der Waals surface area contributed by atoms with Crippen LogP contribution in [0.4, 0.5) is 0 Å². The fourth-order valence-corrected chi connectivity index (χ4v) is 1.77. The molecule has 74 valence electrons. The number of fused-ring (bicyclic) bond motifs is 1. The number of aromatic nitrogens is 1. The number of rotatable bonds is 3. The van der Waals surface area contributed by atoms with E-state index in [9.17, 15) is 0 Å². The average molecular weight is 255 g/mol. The molecule has 4 heteroatoms. The molecule has 2 aromatic rings. The predicted octanol–water partition coefficient (Wildman–Crippen LogP) is 2.48. The first-order chi connectivity index (χ1) is 6.81. The Morgan fingerprint density at radius 1 is 1.43 bits per heavy atom. The van der Waals surface area contributed by atoms with Crippen molar-refractivity contribution in [3.63, 3.8) is 0 Å². The Bertz CT molecular complexity index is 439. The van der Waals surface area contributed by atoms with Gasteiger partial charge in [0.05, 0.1) is 0 Å². The SMILES string of the molecule is NCCCc1onc2ccc(Br)cc12. The van der Waals surface area contributed by atoms with Crippen molar-refractivity contribution in [3.8, 4) is 0 Å². The van der Waals surface area contributed by atoms with Crippen LogP contribution >= 0.6 is 15.9 Å². The molecule has 1 aromatic heterocycles. The molecule has 14 heavy (non-hydrogen) atoms. The molecule has 0 unspecified atom stereocenters. The average Bonchev–Trinajstić information content (AvgIpc) is 2.57. The maximum atomic E-state index is 5.45. The second-order valence-electron chi connectivity index (χ2n) is 3.16. The molecule has 0 atom stereocenters. The summed E-state index contributed by atoms with van der Waals surface area (Å²) in [4.78, 5) is 0. The molecule has 0 saturated heterocycles. The first kappa shape index (κ1) is 9.68. The Morgan fingerprint density at radius 2 is 2.29 bits per heavy atom. The van der Waals surface area contributed by atoms with Crippen LogP contribution in [0.15, 0.2) is 27.2 Å². The third-order valence-corrected chi connectivity index (χ3v) is 2.61. The molecule has 0 fully saturated rings. The van der Waals surface area contributed by atoms with Crippen molar-refractivity contribution >= 4 is 26.8 Å². The molecule has 0 radical (unpaired) electrons. The number of benzene rings is 1. The third-order valence-electron chi connectivity index (χ3n) is 2.12. The van der Waals surface area contributed by atoms with Crippen molar-refractivity contribution in [2.75, 3.05) is 6.54 Å². The van der Waals surface area contributed by atoms with Crippen molar-refractivity contribution in [1.29, 1.82) is 0 Å². The molecule has 0 spiro atoms. The Labute approximate surface area is 90.4 Å². The van der Waals surface area contributed by atoms with Gasteiger partial charge in [-0.25, -0.2) is 0 Å². The monoisotopic (exact) mass is 254 g/mol. The van der Waals surface area contributed by atoms with Crippen LogP contribution in [-0.2, 0) is 6.42 Å². The van der Waals surface area contributed by atoms with Gasteiger partial charge in [0.15, 0.2) is 0 Å². The van der Waals surface area contributed by atoms with Crippen LogP contribution in [0.3, 0.4) is 0 Å². The van der Waals surface area contributed by atoms with Gasteiger partial charge in [-0.1, -0.05) is 21.1 Å². The minimum atomic E-state index is 0.677. The zero-order chi connectivity index (χ0) is 9.97. The van der Waals surface area contributed by atoms with E-state index in [4.69, 9.17) is 10.3 Å². The highest BCUT2D eigenvalue weighted by molar-refractivity contribution is 9.10. The van der Waals surface area contributed by atoms with Gasteiger partial charge in [0.25, 0.3) is 0 Å². The second-order valence-corrected chi connectivity index (χ2v) is 4.08. The topological polar surface area (TPSA) is 52.0 Å². The Kier molecular flexibility index (Phi) is 2.84. The Hall–Kier alpha value is -0.870. The summed E-state index contributed by atoms with van der Waals surface area (Å²) in [5, 5.41) is 5.05. The normalized spacial score (nSPS) is 11.0. The van der Waals surface area contributed by atoms with E-state index in [0.717, 1.165) is 34.0 Å². The molecule has 1 heterocycles. The highest BCUT2D eigenvalue weighted by atomic mass is 79.9. The predicted molar refractivity (Wildman–Crippen MR) is 59.1 cm³/mol. The van der Waals surface area contributed by atoms with Crippen LogP contribution in [0, 0.1) is 0 Å². The first-order valence-electron chi connectivity index (χ1n) is 4.55. The standard InChI is InChI=1S/C10H11BrN2O/c11-7-3-4-9-8(6-7)10(14-13-9)2-1-5-12/h3-4,6H,1-2,5,12H2. The zero-order valence-electron chi connectivity index (χ0n) is 7.66.